The van der Waals surface area contributed by atoms with Gasteiger partial charge in [-0.1, -0.05) is 51.1 Å². The SMILES string of the molecule is CC1=C(OCc2ccccc2)/C(=C/CO[Si](C)(C)C(C)(C)C)OC1=O. The van der Waals surface area contributed by atoms with Gasteiger partial charge in [-0.3, -0.25) is 0 Å². The van der Waals surface area contributed by atoms with Gasteiger partial charge in [0.05, 0.1) is 12.2 Å². The standard InChI is InChI=1S/C20H28O4Si/c1-15-18(22-14-16-10-8-7-9-11-16)17(24-19(15)21)12-13-23-25(5,6)20(2,3)4/h7-12H,13-14H2,1-6H3/b17-12-. The zero-order chi connectivity index (χ0) is 18.7. The fourth-order valence-corrected chi connectivity index (χ4v) is 3.02. The Balaban J connectivity index is 2.05. The van der Waals surface area contributed by atoms with Gasteiger partial charge in [-0.05, 0) is 36.7 Å². The zero-order valence-corrected chi connectivity index (χ0v) is 17.0. The topological polar surface area (TPSA) is 44.8 Å². The molecule has 0 bridgehead atoms. The van der Waals surface area contributed by atoms with Crippen LogP contribution in [0.1, 0.15) is 33.3 Å². The van der Waals surface area contributed by atoms with Crippen LogP contribution in [-0.4, -0.2) is 20.9 Å². The molecule has 0 fully saturated rings. The third-order valence-electron chi connectivity index (χ3n) is 4.82. The Hall–Kier alpha value is -1.85. The molecule has 0 saturated carbocycles. The van der Waals surface area contributed by atoms with Gasteiger partial charge in [0, 0.05) is 0 Å². The number of benzene rings is 1. The molecule has 25 heavy (non-hydrogen) atoms. The fraction of sp³-hybridized carbons (Fsp3) is 0.450. The summed E-state index contributed by atoms with van der Waals surface area (Å²) in [5.74, 6) is 0.603. The second kappa shape index (κ2) is 7.58. The predicted molar refractivity (Wildman–Crippen MR) is 101 cm³/mol. The number of cyclic esters (lactones) is 1. The number of carbonyl (C=O) groups excluding carboxylic acids is 1. The third-order valence-corrected chi connectivity index (χ3v) is 9.32. The molecule has 0 atom stereocenters. The molecule has 0 unspecified atom stereocenters. The van der Waals surface area contributed by atoms with Crippen LogP contribution in [0.15, 0.2) is 53.5 Å². The van der Waals surface area contributed by atoms with Crippen LogP contribution in [-0.2, 0) is 25.3 Å². The van der Waals surface area contributed by atoms with Gasteiger partial charge in [-0.25, -0.2) is 4.79 Å². The smallest absolute Gasteiger partial charge is 0.343 e. The first-order chi connectivity index (χ1) is 11.6. The molecule has 2 rings (SSSR count). The van der Waals surface area contributed by atoms with Crippen LogP contribution in [0.25, 0.3) is 0 Å². The highest BCUT2D eigenvalue weighted by atomic mass is 28.4. The number of rotatable bonds is 6. The molecule has 1 aromatic rings. The molecule has 0 aliphatic carbocycles. The van der Waals surface area contributed by atoms with E-state index in [2.05, 4.69) is 33.9 Å². The third kappa shape index (κ3) is 4.83. The Morgan fingerprint density at radius 2 is 1.80 bits per heavy atom. The second-order valence-electron chi connectivity index (χ2n) is 7.76. The number of esters is 1. The molecule has 1 aromatic carbocycles. The second-order valence-corrected chi connectivity index (χ2v) is 12.6. The van der Waals surface area contributed by atoms with E-state index >= 15 is 0 Å². The summed E-state index contributed by atoms with van der Waals surface area (Å²) in [5.41, 5.74) is 1.54. The molecule has 1 aliphatic rings. The Bertz CT molecular complexity index is 681. The van der Waals surface area contributed by atoms with Gasteiger partial charge in [0.15, 0.2) is 19.8 Å². The van der Waals surface area contributed by atoms with Crippen LogP contribution in [0.3, 0.4) is 0 Å². The summed E-state index contributed by atoms with van der Waals surface area (Å²) < 4.78 is 17.3. The molecule has 1 heterocycles. The van der Waals surface area contributed by atoms with E-state index in [9.17, 15) is 4.79 Å². The van der Waals surface area contributed by atoms with Crippen LogP contribution in [0.5, 0.6) is 0 Å². The molecule has 0 saturated heterocycles. The van der Waals surface area contributed by atoms with Gasteiger partial charge in [0.2, 0.25) is 0 Å². The van der Waals surface area contributed by atoms with E-state index in [1.807, 2.05) is 30.3 Å². The lowest BCUT2D eigenvalue weighted by molar-refractivity contribution is -0.133. The Kier molecular flexibility index (Phi) is 5.90. The van der Waals surface area contributed by atoms with Gasteiger partial charge < -0.3 is 13.9 Å². The summed E-state index contributed by atoms with van der Waals surface area (Å²) in [7, 11) is -1.85. The van der Waals surface area contributed by atoms with Gasteiger partial charge in [0.1, 0.15) is 6.61 Å². The van der Waals surface area contributed by atoms with Crippen molar-refractivity contribution in [2.45, 2.75) is 52.4 Å². The van der Waals surface area contributed by atoms with Crippen molar-refractivity contribution in [2.75, 3.05) is 6.61 Å². The summed E-state index contributed by atoms with van der Waals surface area (Å²) in [6.45, 7) is 13.5. The van der Waals surface area contributed by atoms with Crippen LogP contribution in [0.4, 0.5) is 0 Å². The first-order valence-electron chi connectivity index (χ1n) is 8.56. The lowest BCUT2D eigenvalue weighted by Crippen LogP contribution is -2.40. The van der Waals surface area contributed by atoms with Crippen molar-refractivity contribution >= 4 is 14.3 Å². The molecule has 0 N–H and O–H groups in total. The highest BCUT2D eigenvalue weighted by Crippen LogP contribution is 2.36. The molecule has 4 nitrogen and oxygen atoms in total. The largest absolute Gasteiger partial charge is 0.484 e. The Morgan fingerprint density at radius 3 is 2.40 bits per heavy atom. The molecular formula is C20H28O4Si. The van der Waals surface area contributed by atoms with Crippen LogP contribution >= 0.6 is 0 Å². The Morgan fingerprint density at radius 1 is 1.16 bits per heavy atom. The fourth-order valence-electron chi connectivity index (χ4n) is 2.09. The van der Waals surface area contributed by atoms with E-state index in [4.69, 9.17) is 13.9 Å². The number of ether oxygens (including phenoxy) is 2. The molecule has 0 amide bonds. The quantitative estimate of drug-likeness (QED) is 0.532. The van der Waals surface area contributed by atoms with Crippen molar-refractivity contribution in [2.24, 2.45) is 0 Å². The van der Waals surface area contributed by atoms with Gasteiger partial charge >= 0.3 is 5.97 Å². The summed E-state index contributed by atoms with van der Waals surface area (Å²) in [4.78, 5) is 11.9. The minimum absolute atomic E-state index is 0.135. The van der Waals surface area contributed by atoms with Crippen molar-refractivity contribution < 1.29 is 18.7 Å². The van der Waals surface area contributed by atoms with Gasteiger partial charge in [-0.15, -0.1) is 0 Å². The van der Waals surface area contributed by atoms with Crippen molar-refractivity contribution in [3.63, 3.8) is 0 Å². The normalized spacial score (nSPS) is 17.2. The molecule has 0 spiro atoms. The van der Waals surface area contributed by atoms with Crippen LogP contribution in [0, 0.1) is 0 Å². The minimum Gasteiger partial charge on any atom is -0.484 e. The summed E-state index contributed by atoms with van der Waals surface area (Å²) in [6.07, 6.45) is 1.80. The zero-order valence-electron chi connectivity index (χ0n) is 16.0. The molecular weight excluding hydrogens is 332 g/mol. The average molecular weight is 361 g/mol. The van der Waals surface area contributed by atoms with E-state index in [-0.39, 0.29) is 11.0 Å². The number of hydrogen-bond acceptors (Lipinski definition) is 4. The van der Waals surface area contributed by atoms with E-state index < -0.39 is 8.32 Å². The first kappa shape index (κ1) is 19.5. The maximum Gasteiger partial charge on any atom is 0.343 e. The summed E-state index contributed by atoms with van der Waals surface area (Å²) in [6, 6.07) is 9.84. The van der Waals surface area contributed by atoms with Crippen molar-refractivity contribution in [3.05, 3.63) is 59.1 Å². The maximum absolute atomic E-state index is 11.9. The molecule has 1 aliphatic heterocycles. The van der Waals surface area contributed by atoms with E-state index in [0.717, 1.165) is 5.56 Å². The average Bonchev–Trinajstić information content (AvgIpc) is 2.79. The monoisotopic (exact) mass is 360 g/mol. The molecule has 0 radical (unpaired) electrons. The Labute approximate surface area is 151 Å². The van der Waals surface area contributed by atoms with Gasteiger partial charge in [-0.2, -0.15) is 0 Å². The van der Waals surface area contributed by atoms with E-state index in [1.54, 1.807) is 13.0 Å². The molecule has 0 aromatic heterocycles. The number of hydrogen-bond donors (Lipinski definition) is 0. The van der Waals surface area contributed by atoms with Crippen molar-refractivity contribution in [1.29, 1.82) is 0 Å². The highest BCUT2D eigenvalue weighted by molar-refractivity contribution is 6.74. The summed E-state index contributed by atoms with van der Waals surface area (Å²) >= 11 is 0. The summed E-state index contributed by atoms with van der Waals surface area (Å²) in [5, 5.41) is 0.135. The van der Waals surface area contributed by atoms with Crippen molar-refractivity contribution in [1.82, 2.24) is 0 Å². The van der Waals surface area contributed by atoms with Crippen LogP contribution in [0.2, 0.25) is 18.1 Å². The highest BCUT2D eigenvalue weighted by Gasteiger charge is 2.37. The number of carbonyl (C=O) groups is 1. The molecule has 136 valence electrons. The first-order valence-corrected chi connectivity index (χ1v) is 11.5. The molecule has 5 heteroatoms. The van der Waals surface area contributed by atoms with Gasteiger partial charge in [0.25, 0.3) is 0 Å². The lowest BCUT2D eigenvalue weighted by atomic mass is 10.2. The van der Waals surface area contributed by atoms with E-state index in [1.165, 1.54) is 0 Å². The minimum atomic E-state index is -1.85. The van der Waals surface area contributed by atoms with E-state index in [0.29, 0.717) is 30.3 Å². The van der Waals surface area contributed by atoms with Crippen LogP contribution < -0.4 is 0 Å². The van der Waals surface area contributed by atoms with Crippen molar-refractivity contribution in [3.8, 4) is 0 Å². The maximum atomic E-state index is 11.9. The predicted octanol–water partition coefficient (Wildman–Crippen LogP) is 4.94. The lowest BCUT2D eigenvalue weighted by Gasteiger charge is -2.35.